The maximum atomic E-state index is 9.96. The third-order valence-corrected chi connectivity index (χ3v) is 8.51. The van der Waals surface area contributed by atoms with Crippen LogP contribution in [0.3, 0.4) is 0 Å². The normalized spacial score (nSPS) is 20.2. The summed E-state index contributed by atoms with van der Waals surface area (Å²) in [5, 5.41) is -7.47. The second-order valence-corrected chi connectivity index (χ2v) is 11.3. The van der Waals surface area contributed by atoms with E-state index in [4.69, 9.17) is 27.7 Å². The minimum Gasteiger partial charge on any atom is -0.456 e. The van der Waals surface area contributed by atoms with Crippen molar-refractivity contribution >= 4 is 75.8 Å². The summed E-state index contributed by atoms with van der Waals surface area (Å²) in [6.07, 6.45) is 0. The molecular formula is C50H30O. The van der Waals surface area contributed by atoms with Crippen LogP contribution in [0.2, 0.25) is 0 Å². The number of hydrogen-bond donors (Lipinski definition) is 0. The van der Waals surface area contributed by atoms with Gasteiger partial charge in [-0.1, -0.05) is 151 Å². The topological polar surface area (TPSA) is 13.1 Å². The Morgan fingerprint density at radius 3 is 1.45 bits per heavy atom. The third-order valence-electron chi connectivity index (χ3n) is 8.51. The fraction of sp³-hybridized carbons (Fsp3) is 0. The van der Waals surface area contributed by atoms with Crippen molar-refractivity contribution in [2.45, 2.75) is 0 Å². The van der Waals surface area contributed by atoms with Gasteiger partial charge in [0.1, 0.15) is 11.2 Å². The molecule has 0 aliphatic rings. The summed E-state index contributed by atoms with van der Waals surface area (Å²) >= 11 is 0. The van der Waals surface area contributed by atoms with Gasteiger partial charge >= 0.3 is 0 Å². The molecule has 0 saturated heterocycles. The lowest BCUT2D eigenvalue weighted by Crippen LogP contribution is -1.91. The van der Waals surface area contributed by atoms with E-state index in [1.807, 2.05) is 0 Å². The molecule has 236 valence electrons. The highest BCUT2D eigenvalue weighted by Gasteiger charge is 2.19. The van der Waals surface area contributed by atoms with E-state index in [0.29, 0.717) is 0 Å². The number of furan rings is 1. The Kier molecular flexibility index (Phi) is 2.50. The molecule has 0 fully saturated rings. The number of fused-ring (bicyclic) bond motifs is 10. The van der Waals surface area contributed by atoms with Crippen LogP contribution in [-0.4, -0.2) is 0 Å². The molecule has 0 N–H and O–H groups in total. The summed E-state index contributed by atoms with van der Waals surface area (Å²) in [5.41, 5.74) is -6.33. The number of hydrogen-bond acceptors (Lipinski definition) is 1. The first-order valence-electron chi connectivity index (χ1n) is 30.2. The van der Waals surface area contributed by atoms with Crippen molar-refractivity contribution in [2.24, 2.45) is 0 Å². The van der Waals surface area contributed by atoms with Gasteiger partial charge < -0.3 is 4.42 Å². The monoisotopic (exact) mass is 676 g/mol. The Morgan fingerprint density at radius 2 is 0.745 bits per heavy atom. The van der Waals surface area contributed by atoms with Crippen LogP contribution < -0.4 is 0 Å². The van der Waals surface area contributed by atoms with Crippen LogP contribution in [0.15, 0.2) is 186 Å². The molecule has 0 saturated carbocycles. The highest BCUT2D eigenvalue weighted by Crippen LogP contribution is 2.46. The van der Waals surface area contributed by atoms with Crippen molar-refractivity contribution in [3.05, 3.63) is 181 Å². The maximum Gasteiger partial charge on any atom is 0.136 e. The molecule has 1 heteroatoms. The average Bonchev–Trinajstić information content (AvgIpc) is 3.97. The van der Waals surface area contributed by atoms with Crippen molar-refractivity contribution < 1.29 is 45.5 Å². The molecule has 0 unspecified atom stereocenters. The molecule has 0 aliphatic heterocycles. The van der Waals surface area contributed by atoms with Gasteiger partial charge in [-0.2, -0.15) is 0 Å². The van der Waals surface area contributed by atoms with Gasteiger partial charge in [0, 0.05) is 10.8 Å². The van der Waals surface area contributed by atoms with Crippen LogP contribution in [0, 0.1) is 0 Å². The van der Waals surface area contributed by atoms with Crippen molar-refractivity contribution in [3.63, 3.8) is 0 Å². The van der Waals surface area contributed by atoms with Gasteiger partial charge in [-0.05, 0) is 117 Å². The summed E-state index contributed by atoms with van der Waals surface area (Å²) in [7, 11) is 0. The van der Waals surface area contributed by atoms with Crippen LogP contribution >= 0.6 is 0 Å². The van der Waals surface area contributed by atoms with Gasteiger partial charge in [-0.15, -0.1) is 0 Å². The first-order valence-corrected chi connectivity index (χ1v) is 15.2. The molecule has 1 nitrogen and oxygen atoms in total. The van der Waals surface area contributed by atoms with Crippen LogP contribution in [0.1, 0.15) is 41.1 Å². The lowest BCUT2D eigenvalue weighted by atomic mass is 9.85. The van der Waals surface area contributed by atoms with E-state index in [0.717, 1.165) is 0 Å². The van der Waals surface area contributed by atoms with Gasteiger partial charge in [-0.25, -0.2) is 0 Å². The summed E-state index contributed by atoms with van der Waals surface area (Å²) < 4.78 is 279. The molecule has 0 aliphatic carbocycles. The fourth-order valence-electron chi connectivity index (χ4n) is 6.33. The minimum atomic E-state index is -1.13. The van der Waals surface area contributed by atoms with Crippen molar-refractivity contribution in [1.82, 2.24) is 0 Å². The molecule has 0 amide bonds. The van der Waals surface area contributed by atoms with E-state index in [-0.39, 0.29) is 0 Å². The smallest absolute Gasteiger partial charge is 0.136 e. The predicted molar refractivity (Wildman–Crippen MR) is 218 cm³/mol. The Bertz CT molecular complexity index is 4850. The highest BCUT2D eigenvalue weighted by molar-refractivity contribution is 6.24. The number of rotatable bonds is 3. The molecule has 0 radical (unpaired) electrons. The van der Waals surface area contributed by atoms with Crippen molar-refractivity contribution in [2.75, 3.05) is 0 Å². The second-order valence-electron chi connectivity index (χ2n) is 11.3. The quantitative estimate of drug-likeness (QED) is 0.134. The van der Waals surface area contributed by atoms with Crippen LogP contribution in [-0.2, 0) is 0 Å². The lowest BCUT2D eigenvalue weighted by Gasteiger charge is -2.18. The molecule has 1 heterocycles. The highest BCUT2D eigenvalue weighted by atomic mass is 16.3. The van der Waals surface area contributed by atoms with E-state index in [1.165, 1.54) is 0 Å². The third kappa shape index (κ3) is 4.28. The Morgan fingerprint density at radius 1 is 0.294 bits per heavy atom. The van der Waals surface area contributed by atoms with Gasteiger partial charge in [0.25, 0.3) is 0 Å². The van der Waals surface area contributed by atoms with Gasteiger partial charge in [0.15, 0.2) is 0 Å². The molecule has 11 aromatic rings. The predicted octanol–water partition coefficient (Wildman–Crippen LogP) is 14.4. The summed E-state index contributed by atoms with van der Waals surface area (Å²) in [6.45, 7) is 0. The first-order chi connectivity index (χ1) is 37.8. The van der Waals surface area contributed by atoms with Gasteiger partial charge in [-0.3, -0.25) is 0 Å². The zero-order valence-electron chi connectivity index (χ0n) is 55.4. The molecule has 11 rings (SSSR count). The largest absolute Gasteiger partial charge is 0.456 e. The van der Waals surface area contributed by atoms with Gasteiger partial charge in [0.2, 0.25) is 0 Å². The van der Waals surface area contributed by atoms with E-state index in [9.17, 15) is 17.8 Å². The molecular weight excluding hydrogens is 617 g/mol. The lowest BCUT2D eigenvalue weighted by molar-refractivity contribution is 0.669. The van der Waals surface area contributed by atoms with E-state index < -0.39 is 290 Å². The zero-order valence-corrected chi connectivity index (χ0v) is 25.4. The van der Waals surface area contributed by atoms with Crippen LogP contribution in [0.25, 0.3) is 109 Å². The molecule has 0 bridgehead atoms. The summed E-state index contributed by atoms with van der Waals surface area (Å²) in [5.74, 6) is 0. The molecule has 51 heavy (non-hydrogen) atoms. The van der Waals surface area contributed by atoms with Crippen LogP contribution in [0.5, 0.6) is 0 Å². The first kappa shape index (κ1) is 11.7. The van der Waals surface area contributed by atoms with E-state index in [2.05, 4.69) is 0 Å². The van der Waals surface area contributed by atoms with Crippen molar-refractivity contribution in [1.29, 1.82) is 0 Å². The Balaban J connectivity index is 1.40. The standard InChI is InChI=1S/C50H30O/c1-3-14-38-31(10-1)20-21-33-22-23-35(29-44(33)38)34-12-9-13-36(28-34)48-40-16-5-7-18-42(40)49(43-19-8-6-17-41(43)48)37-25-26-46-45(30-37)50-39-15-4-2-11-32(39)24-27-47(50)51-46/h1-30H/i1D,2D,3D,4D,5D,6D,7D,8D,9D,10D,11D,12D,13D,14D,15D,16D,17D,18D,19D,20D,21D,22D,23D,24D,25D,26D,27D,28D,29D,30D. The second kappa shape index (κ2) is 10.9. The average molecular weight is 677 g/mol. The van der Waals surface area contributed by atoms with E-state index >= 15 is 0 Å². The van der Waals surface area contributed by atoms with Gasteiger partial charge in [0.05, 0.1) is 41.1 Å². The molecule has 0 atom stereocenters. The summed E-state index contributed by atoms with van der Waals surface area (Å²) in [4.78, 5) is 0. The Hall–Kier alpha value is -6.70. The molecule has 1 aromatic heterocycles. The Labute approximate surface area is 336 Å². The van der Waals surface area contributed by atoms with Crippen molar-refractivity contribution in [3.8, 4) is 33.4 Å². The zero-order chi connectivity index (χ0) is 59.6. The molecule has 0 spiro atoms. The minimum absolute atomic E-state index is 0.426. The maximum absolute atomic E-state index is 9.96. The summed E-state index contributed by atoms with van der Waals surface area (Å²) in [6, 6.07) is -28.2. The number of benzene rings is 10. The SMILES string of the molecule is [2H]c1c([2H])c(-c2c([2H])c([2H])c3c([2H])c([2H])c4c([2H])c([2H])c([2H])c([2H])c4c3c2[2H])c([2H])c(-c2c3c([2H])c([2H])c([2H])c([2H])c3c(-c3c([2H])c([2H])c4oc5c([2H])c([2H])c6c([2H])c([2H])c([2H])c([2H])c6c5c4c3[2H])c3c([2H])c([2H])c([2H])c([2H])c23)c1[2H]. The van der Waals surface area contributed by atoms with E-state index in [1.54, 1.807) is 0 Å². The fourth-order valence-corrected chi connectivity index (χ4v) is 6.33. The molecule has 10 aromatic carbocycles. The van der Waals surface area contributed by atoms with Crippen LogP contribution in [0.4, 0.5) is 0 Å².